The van der Waals surface area contributed by atoms with Crippen molar-refractivity contribution >= 4 is 60.8 Å². The lowest BCUT2D eigenvalue weighted by Gasteiger charge is -2.28. The molecule has 0 saturated carbocycles. The smallest absolute Gasteiger partial charge is 0.355 e. The highest BCUT2D eigenvalue weighted by molar-refractivity contribution is 7.22. The first-order valence-corrected chi connectivity index (χ1v) is 14.9. The summed E-state index contributed by atoms with van der Waals surface area (Å²) in [5.41, 5.74) is 3.37. The van der Waals surface area contributed by atoms with Crippen molar-refractivity contribution in [3.63, 3.8) is 0 Å². The number of carbonyl (C=O) groups is 1. The quantitative estimate of drug-likeness (QED) is 0.144. The van der Waals surface area contributed by atoms with Gasteiger partial charge < -0.3 is 20.1 Å². The molecule has 12 heteroatoms. The number of ether oxygens (including phenoxy) is 1. The maximum atomic E-state index is 14.2. The minimum atomic E-state index is -1.10. The third-order valence-electron chi connectivity index (χ3n) is 6.93. The van der Waals surface area contributed by atoms with Crippen LogP contribution in [-0.2, 0) is 12.8 Å². The second-order valence-corrected chi connectivity index (χ2v) is 11.8. The second-order valence-electron chi connectivity index (χ2n) is 9.66. The molecule has 0 radical (unpaired) electrons. The molecule has 42 heavy (non-hydrogen) atoms. The van der Waals surface area contributed by atoms with Gasteiger partial charge in [-0.15, -0.1) is 28.0 Å². The summed E-state index contributed by atoms with van der Waals surface area (Å²) >= 11 is 2.87. The molecule has 0 bridgehead atoms. The van der Waals surface area contributed by atoms with E-state index in [1.807, 2.05) is 36.1 Å². The number of nitrogens with one attached hydrogen (secondary N) is 1. The number of halogens is 1. The monoisotopic (exact) mass is 600 g/mol. The minimum Gasteiger partial charge on any atom is -0.491 e. The van der Waals surface area contributed by atoms with Crippen molar-refractivity contribution < 1.29 is 19.0 Å². The average Bonchev–Trinajstić information content (AvgIpc) is 3.61. The first kappa shape index (κ1) is 27.6. The lowest BCUT2D eigenvalue weighted by atomic mass is 10.0. The van der Waals surface area contributed by atoms with Crippen LogP contribution in [0, 0.1) is 25.1 Å². The third-order valence-corrected chi connectivity index (χ3v) is 9.02. The van der Waals surface area contributed by atoms with E-state index in [9.17, 15) is 14.3 Å². The highest BCUT2D eigenvalue weighted by Crippen LogP contribution is 2.39. The van der Waals surface area contributed by atoms with Crippen LogP contribution in [0.15, 0.2) is 42.5 Å². The topological polar surface area (TPSA) is 113 Å². The molecule has 0 amide bonds. The Bertz CT molecular complexity index is 1810. The molecule has 2 N–H and O–H groups in total. The molecule has 6 rings (SSSR count). The van der Waals surface area contributed by atoms with E-state index in [1.165, 1.54) is 23.5 Å². The SMILES string of the molecule is C#Cc1ccc(OCCCc2sc(N3CCCc4c3nnc(Nc3nc5ccccc5s3)c4C)nc2C(=O)O)c(F)c1. The summed E-state index contributed by atoms with van der Waals surface area (Å²) in [6, 6.07) is 12.3. The number of terminal acetylenes is 1. The highest BCUT2D eigenvalue weighted by Gasteiger charge is 2.28. The van der Waals surface area contributed by atoms with E-state index in [0.29, 0.717) is 46.6 Å². The lowest BCUT2D eigenvalue weighted by Crippen LogP contribution is -2.27. The second kappa shape index (κ2) is 11.7. The molecule has 0 aliphatic carbocycles. The normalized spacial score (nSPS) is 12.6. The van der Waals surface area contributed by atoms with Crippen LogP contribution in [0.4, 0.5) is 26.3 Å². The highest BCUT2D eigenvalue weighted by atomic mass is 32.1. The Kier molecular flexibility index (Phi) is 7.69. The molecule has 4 heterocycles. The van der Waals surface area contributed by atoms with E-state index in [0.717, 1.165) is 39.3 Å². The number of para-hydroxylation sites is 1. The Morgan fingerprint density at radius 3 is 2.86 bits per heavy atom. The molecule has 2 aromatic carbocycles. The van der Waals surface area contributed by atoms with Gasteiger partial charge in [-0.05, 0) is 62.9 Å². The summed E-state index contributed by atoms with van der Waals surface area (Å²) in [5, 5.41) is 23.5. The first-order chi connectivity index (χ1) is 20.4. The number of aromatic nitrogens is 4. The molecule has 212 valence electrons. The largest absolute Gasteiger partial charge is 0.491 e. The Morgan fingerprint density at radius 2 is 2.07 bits per heavy atom. The maximum absolute atomic E-state index is 14.2. The van der Waals surface area contributed by atoms with Gasteiger partial charge in [0, 0.05) is 28.1 Å². The first-order valence-electron chi connectivity index (χ1n) is 13.3. The van der Waals surface area contributed by atoms with Crippen LogP contribution >= 0.6 is 22.7 Å². The van der Waals surface area contributed by atoms with Gasteiger partial charge in [0.15, 0.2) is 39.2 Å². The summed E-state index contributed by atoms with van der Waals surface area (Å²) in [5.74, 6) is 2.18. The van der Waals surface area contributed by atoms with Gasteiger partial charge in [-0.3, -0.25) is 0 Å². The van der Waals surface area contributed by atoms with Gasteiger partial charge in [0.1, 0.15) is 0 Å². The number of rotatable bonds is 9. The third kappa shape index (κ3) is 5.48. The van der Waals surface area contributed by atoms with Gasteiger partial charge >= 0.3 is 5.97 Å². The Balaban J connectivity index is 1.19. The van der Waals surface area contributed by atoms with Crippen LogP contribution in [0.25, 0.3) is 10.2 Å². The van der Waals surface area contributed by atoms with Crippen LogP contribution in [0.1, 0.15) is 44.9 Å². The molecule has 0 spiro atoms. The predicted molar refractivity (Wildman–Crippen MR) is 162 cm³/mol. The van der Waals surface area contributed by atoms with E-state index < -0.39 is 11.8 Å². The molecule has 1 aliphatic heterocycles. The van der Waals surface area contributed by atoms with Gasteiger partial charge in [0.2, 0.25) is 0 Å². The summed E-state index contributed by atoms with van der Waals surface area (Å²) in [4.78, 5) is 23.7. The number of thiazole rings is 2. The van der Waals surface area contributed by atoms with Crippen molar-refractivity contribution in [1.82, 2.24) is 20.2 Å². The molecule has 9 nitrogen and oxygen atoms in total. The number of hydrogen-bond donors (Lipinski definition) is 2. The lowest BCUT2D eigenvalue weighted by molar-refractivity contribution is 0.0690. The zero-order chi connectivity index (χ0) is 29.2. The van der Waals surface area contributed by atoms with Crippen molar-refractivity contribution in [2.45, 2.75) is 32.6 Å². The molecule has 0 atom stereocenters. The number of carboxylic acids is 1. The van der Waals surface area contributed by atoms with Crippen molar-refractivity contribution in [3.8, 4) is 18.1 Å². The van der Waals surface area contributed by atoms with E-state index in [2.05, 4.69) is 31.4 Å². The number of hydrogen-bond acceptors (Lipinski definition) is 10. The number of carboxylic acid groups (broad SMARTS) is 1. The van der Waals surface area contributed by atoms with Crippen LogP contribution in [0.2, 0.25) is 0 Å². The van der Waals surface area contributed by atoms with Gasteiger partial charge in [-0.25, -0.2) is 19.2 Å². The van der Waals surface area contributed by atoms with E-state index in [-0.39, 0.29) is 18.1 Å². The predicted octanol–water partition coefficient (Wildman–Crippen LogP) is 6.51. The van der Waals surface area contributed by atoms with Gasteiger partial charge in [0.05, 0.1) is 16.8 Å². The zero-order valence-electron chi connectivity index (χ0n) is 22.6. The summed E-state index contributed by atoms with van der Waals surface area (Å²) in [7, 11) is 0. The molecule has 1 aliphatic rings. The Hall–Kier alpha value is -4.60. The summed E-state index contributed by atoms with van der Waals surface area (Å²) in [6.07, 6.45) is 7.88. The molecular formula is C30H25FN6O3S2. The number of anilines is 4. The number of nitrogens with zero attached hydrogens (tertiary/aromatic N) is 5. The van der Waals surface area contributed by atoms with Crippen LogP contribution < -0.4 is 15.0 Å². The zero-order valence-corrected chi connectivity index (χ0v) is 24.2. The van der Waals surface area contributed by atoms with Crippen LogP contribution in [0.3, 0.4) is 0 Å². The molecule has 0 saturated heterocycles. The summed E-state index contributed by atoms with van der Waals surface area (Å²) in [6.45, 7) is 2.86. The number of aromatic carboxylic acids is 1. The minimum absolute atomic E-state index is 0.00507. The number of aryl methyl sites for hydroxylation is 1. The fraction of sp³-hybridized carbons (Fsp3) is 0.233. The van der Waals surface area contributed by atoms with E-state index in [1.54, 1.807) is 17.4 Å². The van der Waals surface area contributed by atoms with Crippen molar-refractivity contribution in [1.29, 1.82) is 0 Å². The fourth-order valence-electron chi connectivity index (χ4n) is 4.83. The van der Waals surface area contributed by atoms with Crippen molar-refractivity contribution in [3.05, 3.63) is 75.5 Å². The molecular weight excluding hydrogens is 576 g/mol. The molecule has 0 fully saturated rings. The summed E-state index contributed by atoms with van der Waals surface area (Å²) < 4.78 is 20.8. The van der Waals surface area contributed by atoms with Crippen molar-refractivity contribution in [2.75, 3.05) is 23.4 Å². The molecule has 0 unspecified atom stereocenters. The average molecular weight is 601 g/mol. The van der Waals surface area contributed by atoms with Crippen LogP contribution in [0.5, 0.6) is 5.75 Å². The van der Waals surface area contributed by atoms with Gasteiger partial charge in [-0.1, -0.05) is 29.4 Å². The fourth-order valence-corrected chi connectivity index (χ4v) is 6.81. The standard InChI is InChI=1S/C30H25FN6O3S2/c1-3-18-12-13-22(20(31)16-18)40-15-7-11-24-25(28(38)39)33-30(42-24)37-14-6-8-19-17(2)26(35-36-27(19)37)34-29-32-21-9-4-5-10-23(21)41-29/h1,4-5,9-10,12-13,16H,6-8,11,14-15H2,2H3,(H,38,39)(H,32,34,35). The van der Waals surface area contributed by atoms with Crippen LogP contribution in [-0.4, -0.2) is 44.4 Å². The maximum Gasteiger partial charge on any atom is 0.355 e. The Morgan fingerprint density at radius 1 is 1.21 bits per heavy atom. The molecule has 5 aromatic rings. The van der Waals surface area contributed by atoms with Gasteiger partial charge in [0.25, 0.3) is 0 Å². The number of fused-ring (bicyclic) bond motifs is 2. The van der Waals surface area contributed by atoms with Gasteiger partial charge in [-0.2, -0.15) is 0 Å². The van der Waals surface area contributed by atoms with Crippen molar-refractivity contribution in [2.24, 2.45) is 0 Å². The molecule has 3 aromatic heterocycles. The van der Waals surface area contributed by atoms with E-state index in [4.69, 9.17) is 11.2 Å². The number of benzene rings is 2. The van der Waals surface area contributed by atoms with E-state index >= 15 is 0 Å². The Labute approximate surface area is 249 Å².